The molecule has 102 valence electrons. The molecule has 3 heteroatoms. The highest BCUT2D eigenvalue weighted by Crippen LogP contribution is 2.20. The summed E-state index contributed by atoms with van der Waals surface area (Å²) in [6.07, 6.45) is 3.91. The van der Waals surface area contributed by atoms with Gasteiger partial charge in [-0.2, -0.15) is 11.8 Å². The SMILES string of the molecule is CCCCCSCC(N)c1ccc(OCC)cc1. The van der Waals surface area contributed by atoms with E-state index in [0.717, 1.165) is 11.5 Å². The lowest BCUT2D eigenvalue weighted by Gasteiger charge is -2.12. The number of benzene rings is 1. The van der Waals surface area contributed by atoms with Crippen LogP contribution in [0.15, 0.2) is 24.3 Å². The summed E-state index contributed by atoms with van der Waals surface area (Å²) in [5.74, 6) is 3.14. The molecule has 0 amide bonds. The lowest BCUT2D eigenvalue weighted by atomic mass is 10.1. The van der Waals surface area contributed by atoms with Crippen molar-refractivity contribution < 1.29 is 4.74 Å². The normalized spacial score (nSPS) is 12.4. The number of unbranched alkanes of at least 4 members (excludes halogenated alkanes) is 2. The molecule has 0 aliphatic heterocycles. The smallest absolute Gasteiger partial charge is 0.119 e. The van der Waals surface area contributed by atoms with Crippen LogP contribution in [0.1, 0.15) is 44.7 Å². The number of thioether (sulfide) groups is 1. The van der Waals surface area contributed by atoms with Gasteiger partial charge in [-0.1, -0.05) is 31.9 Å². The van der Waals surface area contributed by atoms with Crippen molar-refractivity contribution in [2.45, 2.75) is 39.2 Å². The summed E-state index contributed by atoms with van der Waals surface area (Å²) in [4.78, 5) is 0. The molecule has 1 rings (SSSR count). The molecule has 0 aromatic heterocycles. The maximum absolute atomic E-state index is 6.17. The Morgan fingerprint density at radius 2 is 1.89 bits per heavy atom. The van der Waals surface area contributed by atoms with Crippen LogP contribution in [0.3, 0.4) is 0 Å². The molecular formula is C15H25NOS. The maximum atomic E-state index is 6.17. The summed E-state index contributed by atoms with van der Waals surface area (Å²) in [5, 5.41) is 0. The van der Waals surface area contributed by atoms with E-state index in [1.165, 1.54) is 30.6 Å². The third kappa shape index (κ3) is 5.78. The van der Waals surface area contributed by atoms with Crippen molar-refractivity contribution in [3.05, 3.63) is 29.8 Å². The van der Waals surface area contributed by atoms with Gasteiger partial charge in [0, 0.05) is 11.8 Å². The van der Waals surface area contributed by atoms with Crippen molar-refractivity contribution in [2.24, 2.45) is 5.73 Å². The molecule has 2 nitrogen and oxygen atoms in total. The van der Waals surface area contributed by atoms with Crippen LogP contribution in [0, 0.1) is 0 Å². The molecule has 1 aromatic rings. The number of hydrogen-bond acceptors (Lipinski definition) is 3. The number of hydrogen-bond donors (Lipinski definition) is 1. The molecule has 0 radical (unpaired) electrons. The van der Waals surface area contributed by atoms with E-state index in [1.807, 2.05) is 30.8 Å². The third-order valence-electron chi connectivity index (χ3n) is 2.81. The summed E-state index contributed by atoms with van der Waals surface area (Å²) in [6.45, 7) is 4.93. The van der Waals surface area contributed by atoms with Crippen molar-refractivity contribution in [2.75, 3.05) is 18.1 Å². The highest BCUT2D eigenvalue weighted by Gasteiger charge is 2.06. The molecule has 2 N–H and O–H groups in total. The fourth-order valence-electron chi connectivity index (χ4n) is 1.74. The Bertz CT molecular complexity index is 313. The van der Waals surface area contributed by atoms with E-state index >= 15 is 0 Å². The van der Waals surface area contributed by atoms with Gasteiger partial charge < -0.3 is 10.5 Å². The van der Waals surface area contributed by atoms with Crippen LogP contribution in [0.25, 0.3) is 0 Å². The Hall–Kier alpha value is -0.670. The molecule has 18 heavy (non-hydrogen) atoms. The van der Waals surface area contributed by atoms with Gasteiger partial charge in [0.25, 0.3) is 0 Å². The van der Waals surface area contributed by atoms with E-state index in [2.05, 4.69) is 19.1 Å². The molecule has 1 aromatic carbocycles. The fraction of sp³-hybridized carbons (Fsp3) is 0.600. The third-order valence-corrected chi connectivity index (χ3v) is 3.98. The molecule has 0 fully saturated rings. The first-order valence-electron chi connectivity index (χ1n) is 6.84. The zero-order chi connectivity index (χ0) is 13.2. The average Bonchev–Trinajstić information content (AvgIpc) is 2.39. The van der Waals surface area contributed by atoms with Gasteiger partial charge in [0.2, 0.25) is 0 Å². The second-order valence-corrected chi connectivity index (χ2v) is 5.54. The summed E-state index contributed by atoms with van der Waals surface area (Å²) < 4.78 is 5.42. The van der Waals surface area contributed by atoms with Crippen molar-refractivity contribution in [1.82, 2.24) is 0 Å². The van der Waals surface area contributed by atoms with Crippen LogP contribution in [-0.2, 0) is 0 Å². The first-order valence-corrected chi connectivity index (χ1v) is 7.99. The van der Waals surface area contributed by atoms with E-state index < -0.39 is 0 Å². The molecule has 0 spiro atoms. The minimum Gasteiger partial charge on any atom is -0.494 e. The minimum absolute atomic E-state index is 0.132. The van der Waals surface area contributed by atoms with Gasteiger partial charge in [-0.3, -0.25) is 0 Å². The monoisotopic (exact) mass is 267 g/mol. The fourth-order valence-corrected chi connectivity index (χ4v) is 2.76. The number of nitrogens with two attached hydrogens (primary N) is 1. The van der Waals surface area contributed by atoms with Crippen molar-refractivity contribution >= 4 is 11.8 Å². The highest BCUT2D eigenvalue weighted by molar-refractivity contribution is 7.99. The standard InChI is InChI=1S/C15H25NOS/c1-3-5-6-11-18-12-15(16)13-7-9-14(10-8-13)17-4-2/h7-10,15H,3-6,11-12,16H2,1-2H3. The molecule has 0 aliphatic rings. The minimum atomic E-state index is 0.132. The Morgan fingerprint density at radius 3 is 2.50 bits per heavy atom. The van der Waals surface area contributed by atoms with Crippen LogP contribution < -0.4 is 10.5 Å². The lowest BCUT2D eigenvalue weighted by Crippen LogP contribution is -2.13. The quantitative estimate of drug-likeness (QED) is 0.687. The lowest BCUT2D eigenvalue weighted by molar-refractivity contribution is 0.340. The zero-order valence-corrected chi connectivity index (χ0v) is 12.3. The van der Waals surface area contributed by atoms with Gasteiger partial charge in [0.15, 0.2) is 0 Å². The molecule has 0 aliphatic carbocycles. The van der Waals surface area contributed by atoms with Crippen molar-refractivity contribution in [3.8, 4) is 5.75 Å². The number of ether oxygens (including phenoxy) is 1. The second kappa shape index (κ2) is 9.29. The Labute approximate surface area is 115 Å². The first kappa shape index (κ1) is 15.4. The molecule has 1 unspecified atom stereocenters. The molecule has 0 heterocycles. The average molecular weight is 267 g/mol. The summed E-state index contributed by atoms with van der Waals surface area (Å²) in [7, 11) is 0. The zero-order valence-electron chi connectivity index (χ0n) is 11.5. The van der Waals surface area contributed by atoms with Crippen molar-refractivity contribution in [3.63, 3.8) is 0 Å². The maximum Gasteiger partial charge on any atom is 0.119 e. The van der Waals surface area contributed by atoms with Gasteiger partial charge in [0.05, 0.1) is 6.61 Å². The van der Waals surface area contributed by atoms with E-state index in [0.29, 0.717) is 6.61 Å². The largest absolute Gasteiger partial charge is 0.494 e. The van der Waals surface area contributed by atoms with Crippen LogP contribution >= 0.6 is 11.8 Å². The Kier molecular flexibility index (Phi) is 7.94. The predicted molar refractivity (Wildman–Crippen MR) is 81.4 cm³/mol. The summed E-state index contributed by atoms with van der Waals surface area (Å²) in [5.41, 5.74) is 7.37. The van der Waals surface area contributed by atoms with Gasteiger partial charge in [0.1, 0.15) is 5.75 Å². The van der Waals surface area contributed by atoms with Gasteiger partial charge >= 0.3 is 0 Å². The van der Waals surface area contributed by atoms with Crippen LogP contribution in [-0.4, -0.2) is 18.1 Å². The van der Waals surface area contributed by atoms with Crippen LogP contribution in [0.4, 0.5) is 0 Å². The van der Waals surface area contributed by atoms with E-state index in [-0.39, 0.29) is 6.04 Å². The van der Waals surface area contributed by atoms with E-state index in [4.69, 9.17) is 10.5 Å². The van der Waals surface area contributed by atoms with Crippen molar-refractivity contribution in [1.29, 1.82) is 0 Å². The molecule has 0 saturated heterocycles. The van der Waals surface area contributed by atoms with Gasteiger partial charge in [-0.25, -0.2) is 0 Å². The second-order valence-electron chi connectivity index (χ2n) is 4.39. The van der Waals surface area contributed by atoms with E-state index in [9.17, 15) is 0 Å². The predicted octanol–water partition coefficient (Wildman–Crippen LogP) is 4.01. The van der Waals surface area contributed by atoms with E-state index in [1.54, 1.807) is 0 Å². The topological polar surface area (TPSA) is 35.2 Å². The molecule has 0 saturated carbocycles. The number of rotatable bonds is 9. The van der Waals surface area contributed by atoms with Crippen LogP contribution in [0.2, 0.25) is 0 Å². The molecule has 1 atom stereocenters. The first-order chi connectivity index (χ1) is 8.77. The summed E-state index contributed by atoms with van der Waals surface area (Å²) in [6, 6.07) is 8.28. The molecular weight excluding hydrogens is 242 g/mol. The van der Waals surface area contributed by atoms with Crippen LogP contribution in [0.5, 0.6) is 5.75 Å². The van der Waals surface area contributed by atoms with Gasteiger partial charge in [-0.15, -0.1) is 0 Å². The summed E-state index contributed by atoms with van der Waals surface area (Å²) >= 11 is 1.95. The van der Waals surface area contributed by atoms with Gasteiger partial charge in [-0.05, 0) is 36.8 Å². The Morgan fingerprint density at radius 1 is 1.17 bits per heavy atom. The molecule has 0 bridgehead atoms. The Balaban J connectivity index is 2.30. The highest BCUT2D eigenvalue weighted by atomic mass is 32.2.